The lowest BCUT2D eigenvalue weighted by molar-refractivity contribution is 0.299. The molecule has 6 heteroatoms. The van der Waals surface area contributed by atoms with Gasteiger partial charge in [-0.1, -0.05) is 0 Å². The van der Waals surface area contributed by atoms with Gasteiger partial charge in [0, 0.05) is 16.9 Å². The first-order valence-electron chi connectivity index (χ1n) is 2.39. The zero-order chi connectivity index (χ0) is 7.61. The Balaban J connectivity index is 2.94. The summed E-state index contributed by atoms with van der Waals surface area (Å²) in [5.74, 6) is 0. The van der Waals surface area contributed by atoms with Crippen LogP contribution in [0.2, 0.25) is 0 Å². The SMILES string of the molecule is O=S(=O)(Cl)C1=COCC=N1. The van der Waals surface area contributed by atoms with E-state index in [4.69, 9.17) is 10.7 Å². The molecule has 0 radical (unpaired) electrons. The summed E-state index contributed by atoms with van der Waals surface area (Å²) < 4.78 is 25.6. The predicted molar refractivity (Wildman–Crippen MR) is 37.3 cm³/mol. The highest BCUT2D eigenvalue weighted by atomic mass is 35.7. The number of rotatable bonds is 1. The van der Waals surface area contributed by atoms with E-state index in [0.29, 0.717) is 0 Å². The van der Waals surface area contributed by atoms with Gasteiger partial charge in [-0.3, -0.25) is 0 Å². The standard InChI is InChI=1S/C4H4ClNO3S/c5-10(7,8)4-3-9-2-1-6-4/h1,3H,2H2. The van der Waals surface area contributed by atoms with Crippen LogP contribution in [-0.4, -0.2) is 21.2 Å². The van der Waals surface area contributed by atoms with Gasteiger partial charge in [-0.15, -0.1) is 0 Å². The van der Waals surface area contributed by atoms with Crippen molar-refractivity contribution in [1.29, 1.82) is 0 Å². The van der Waals surface area contributed by atoms with Crippen LogP contribution >= 0.6 is 10.7 Å². The first-order valence-corrected chi connectivity index (χ1v) is 4.70. The molecule has 0 amide bonds. The Morgan fingerprint density at radius 3 is 2.70 bits per heavy atom. The van der Waals surface area contributed by atoms with Crippen molar-refractivity contribution in [2.24, 2.45) is 4.99 Å². The third-order valence-corrected chi connectivity index (χ3v) is 2.00. The molecular formula is C4H4ClNO3S. The van der Waals surface area contributed by atoms with Crippen LogP contribution in [0.15, 0.2) is 16.3 Å². The molecule has 0 bridgehead atoms. The molecule has 0 spiro atoms. The molecule has 0 fully saturated rings. The van der Waals surface area contributed by atoms with Gasteiger partial charge in [-0.05, 0) is 0 Å². The zero-order valence-corrected chi connectivity index (χ0v) is 6.39. The first kappa shape index (κ1) is 7.56. The van der Waals surface area contributed by atoms with Crippen LogP contribution in [0, 0.1) is 0 Å². The van der Waals surface area contributed by atoms with Gasteiger partial charge in [0.15, 0.2) is 0 Å². The molecule has 1 heterocycles. The molecule has 0 aromatic heterocycles. The molecule has 0 atom stereocenters. The fraction of sp³-hybridized carbons (Fsp3) is 0.250. The summed E-state index contributed by atoms with van der Waals surface area (Å²) in [6, 6.07) is 0. The lowest BCUT2D eigenvalue weighted by Crippen LogP contribution is -2.01. The second kappa shape index (κ2) is 2.59. The molecule has 0 saturated heterocycles. The second-order valence-corrected chi connectivity index (χ2v) is 4.05. The Labute approximate surface area is 62.6 Å². The maximum atomic E-state index is 10.5. The summed E-state index contributed by atoms with van der Waals surface area (Å²) in [6.07, 6.45) is 2.34. The van der Waals surface area contributed by atoms with E-state index < -0.39 is 9.05 Å². The van der Waals surface area contributed by atoms with Gasteiger partial charge in [0.05, 0.1) is 0 Å². The van der Waals surface area contributed by atoms with E-state index in [1.54, 1.807) is 0 Å². The number of halogens is 1. The Morgan fingerprint density at radius 2 is 2.40 bits per heavy atom. The topological polar surface area (TPSA) is 55.7 Å². The Kier molecular flexibility index (Phi) is 1.96. The lowest BCUT2D eigenvalue weighted by Gasteiger charge is -2.02. The molecule has 10 heavy (non-hydrogen) atoms. The Hall–Kier alpha value is -0.550. The van der Waals surface area contributed by atoms with E-state index in [0.717, 1.165) is 6.26 Å². The third-order valence-electron chi connectivity index (χ3n) is 0.823. The number of nitrogens with zero attached hydrogens (tertiary/aromatic N) is 1. The smallest absolute Gasteiger partial charge is 0.281 e. The summed E-state index contributed by atoms with van der Waals surface area (Å²) >= 11 is 0. The largest absolute Gasteiger partial charge is 0.492 e. The third kappa shape index (κ3) is 1.71. The van der Waals surface area contributed by atoms with Gasteiger partial charge in [-0.2, -0.15) is 0 Å². The van der Waals surface area contributed by atoms with Crippen LogP contribution in [-0.2, 0) is 13.8 Å². The zero-order valence-electron chi connectivity index (χ0n) is 4.82. The van der Waals surface area contributed by atoms with Gasteiger partial charge >= 0.3 is 0 Å². The number of hydrogen-bond donors (Lipinski definition) is 0. The quantitative estimate of drug-likeness (QED) is 0.552. The molecular weight excluding hydrogens is 178 g/mol. The van der Waals surface area contributed by atoms with Crippen LogP contribution in [0.4, 0.5) is 0 Å². The fourth-order valence-electron chi connectivity index (χ4n) is 0.441. The van der Waals surface area contributed by atoms with Gasteiger partial charge in [0.25, 0.3) is 9.05 Å². The highest BCUT2D eigenvalue weighted by Crippen LogP contribution is 2.14. The Bertz CT molecular complexity index is 279. The van der Waals surface area contributed by atoms with E-state index in [1.807, 2.05) is 0 Å². The summed E-state index contributed by atoms with van der Waals surface area (Å²) in [6.45, 7) is 0.288. The molecule has 0 saturated carbocycles. The second-order valence-electron chi connectivity index (χ2n) is 1.54. The minimum atomic E-state index is -3.72. The van der Waals surface area contributed by atoms with Crippen molar-refractivity contribution in [2.45, 2.75) is 0 Å². The molecule has 0 aromatic rings. The minimum absolute atomic E-state index is 0.250. The summed E-state index contributed by atoms with van der Waals surface area (Å²) in [5.41, 5.74) is 0. The maximum absolute atomic E-state index is 10.5. The lowest BCUT2D eigenvalue weighted by atomic mass is 10.7. The van der Waals surface area contributed by atoms with E-state index in [9.17, 15) is 8.42 Å². The molecule has 1 aliphatic rings. The van der Waals surface area contributed by atoms with Gasteiger partial charge in [-0.25, -0.2) is 13.4 Å². The molecule has 0 N–H and O–H groups in total. The van der Waals surface area contributed by atoms with Crippen LogP contribution in [0.1, 0.15) is 0 Å². The van der Waals surface area contributed by atoms with Crippen molar-refractivity contribution in [3.63, 3.8) is 0 Å². The van der Waals surface area contributed by atoms with Crippen molar-refractivity contribution < 1.29 is 13.2 Å². The van der Waals surface area contributed by atoms with Crippen molar-refractivity contribution in [2.75, 3.05) is 6.61 Å². The van der Waals surface area contributed by atoms with Gasteiger partial charge in [0.1, 0.15) is 12.9 Å². The fourth-order valence-corrected chi connectivity index (χ4v) is 1.05. The molecule has 4 nitrogen and oxygen atoms in total. The summed E-state index contributed by atoms with van der Waals surface area (Å²) in [5, 5.41) is -0.250. The van der Waals surface area contributed by atoms with Crippen molar-refractivity contribution in [3.8, 4) is 0 Å². The predicted octanol–water partition coefficient (Wildman–Crippen LogP) is 0.455. The number of aliphatic imine (C=N–C) groups is 1. The number of ether oxygens (including phenoxy) is 1. The average molecular weight is 182 g/mol. The van der Waals surface area contributed by atoms with Crippen LogP contribution in [0.3, 0.4) is 0 Å². The minimum Gasteiger partial charge on any atom is -0.492 e. The summed E-state index contributed by atoms with van der Waals surface area (Å²) in [7, 11) is 1.21. The van der Waals surface area contributed by atoms with E-state index in [2.05, 4.69) is 9.73 Å². The molecule has 0 aliphatic carbocycles. The normalized spacial score (nSPS) is 17.9. The van der Waals surface area contributed by atoms with Crippen LogP contribution in [0.25, 0.3) is 0 Å². The van der Waals surface area contributed by atoms with Gasteiger partial charge in [0.2, 0.25) is 5.03 Å². The van der Waals surface area contributed by atoms with Crippen molar-refractivity contribution in [3.05, 3.63) is 11.3 Å². The number of hydrogen-bond acceptors (Lipinski definition) is 4. The monoisotopic (exact) mass is 181 g/mol. The van der Waals surface area contributed by atoms with Crippen molar-refractivity contribution >= 4 is 25.9 Å². The van der Waals surface area contributed by atoms with Crippen LogP contribution < -0.4 is 0 Å². The highest BCUT2D eigenvalue weighted by Gasteiger charge is 2.14. The van der Waals surface area contributed by atoms with Crippen LogP contribution in [0.5, 0.6) is 0 Å². The van der Waals surface area contributed by atoms with Gasteiger partial charge < -0.3 is 4.74 Å². The van der Waals surface area contributed by atoms with E-state index >= 15 is 0 Å². The van der Waals surface area contributed by atoms with Crippen molar-refractivity contribution in [1.82, 2.24) is 0 Å². The summed E-state index contributed by atoms with van der Waals surface area (Å²) in [4.78, 5) is 3.49. The first-order chi connectivity index (χ1) is 4.61. The molecule has 0 aromatic carbocycles. The highest BCUT2D eigenvalue weighted by molar-refractivity contribution is 8.16. The van der Waals surface area contributed by atoms with E-state index in [-0.39, 0.29) is 11.6 Å². The van der Waals surface area contributed by atoms with E-state index in [1.165, 1.54) is 6.21 Å². The molecule has 56 valence electrons. The molecule has 1 aliphatic heterocycles. The molecule has 1 rings (SSSR count). The molecule has 0 unspecified atom stereocenters. The maximum Gasteiger partial charge on any atom is 0.281 e. The Morgan fingerprint density at radius 1 is 1.70 bits per heavy atom. The average Bonchev–Trinajstić information content (AvgIpc) is 1.88.